The average molecular weight is 240 g/mol. The van der Waals surface area contributed by atoms with Crippen LogP contribution in [0.15, 0.2) is 6.20 Å². The van der Waals surface area contributed by atoms with Crippen LogP contribution in [0.3, 0.4) is 0 Å². The minimum Gasteiger partial charge on any atom is -0.477 e. The van der Waals surface area contributed by atoms with Gasteiger partial charge in [0.15, 0.2) is 0 Å². The quantitative estimate of drug-likeness (QED) is 0.759. The van der Waals surface area contributed by atoms with Crippen molar-refractivity contribution in [3.05, 3.63) is 17.5 Å². The van der Waals surface area contributed by atoms with Crippen LogP contribution in [0.2, 0.25) is 0 Å². The minimum absolute atomic E-state index is 0.0964. The number of aromatic nitrogens is 1. The summed E-state index contributed by atoms with van der Waals surface area (Å²) in [4.78, 5) is 22.9. The molecule has 6 heteroatoms. The van der Waals surface area contributed by atoms with Gasteiger partial charge < -0.3 is 20.1 Å². The third kappa shape index (κ3) is 2.77. The van der Waals surface area contributed by atoms with Gasteiger partial charge in [0.25, 0.3) is 0 Å². The van der Waals surface area contributed by atoms with Crippen LogP contribution < -0.4 is 5.73 Å². The molecule has 0 radical (unpaired) electrons. The number of carbonyl (C=O) groups excluding carboxylic acids is 1. The number of nitrogens with two attached hydrogens (primary N) is 1. The molecular formula is C11H16N2O4. The molecule has 0 amide bonds. The Labute approximate surface area is 99.0 Å². The zero-order valence-corrected chi connectivity index (χ0v) is 10.3. The number of hydrogen-bond acceptors (Lipinski definition) is 4. The molecule has 1 rings (SSSR count). The lowest BCUT2D eigenvalue weighted by molar-refractivity contribution is 0.00668. The van der Waals surface area contributed by atoms with E-state index >= 15 is 0 Å². The minimum atomic E-state index is -1.22. The smallest absolute Gasteiger partial charge is 0.353 e. The number of esters is 1. The Morgan fingerprint density at radius 3 is 2.35 bits per heavy atom. The first kappa shape index (κ1) is 13.1. The molecule has 0 aliphatic heterocycles. The summed E-state index contributed by atoms with van der Waals surface area (Å²) in [5.41, 5.74) is 4.74. The fourth-order valence-corrected chi connectivity index (χ4v) is 1.45. The number of carboxylic acid groups (broad SMARTS) is 1. The number of rotatable bonds is 2. The van der Waals surface area contributed by atoms with Gasteiger partial charge in [0.2, 0.25) is 0 Å². The van der Waals surface area contributed by atoms with Crippen molar-refractivity contribution < 1.29 is 19.4 Å². The lowest BCUT2D eigenvalue weighted by atomic mass is 10.1. The predicted octanol–water partition coefficient (Wildman–Crippen LogP) is 1.26. The highest BCUT2D eigenvalue weighted by Crippen LogP contribution is 2.22. The molecular weight excluding hydrogens is 224 g/mol. The molecule has 0 unspecified atom stereocenters. The number of nitrogens with zero attached hydrogens (tertiary/aromatic N) is 1. The SMILES string of the molecule is Cn1cc(N)c(C(=O)OC(C)(C)C)c1C(=O)O. The van der Waals surface area contributed by atoms with Crippen LogP contribution in [0.4, 0.5) is 5.69 Å². The van der Waals surface area contributed by atoms with Crippen LogP contribution in [-0.4, -0.2) is 27.2 Å². The summed E-state index contributed by atoms with van der Waals surface area (Å²) in [5.74, 6) is -1.95. The van der Waals surface area contributed by atoms with E-state index in [4.69, 9.17) is 15.6 Å². The van der Waals surface area contributed by atoms with Gasteiger partial charge in [0.05, 0.1) is 5.69 Å². The second kappa shape index (κ2) is 4.12. The largest absolute Gasteiger partial charge is 0.477 e. The van der Waals surface area contributed by atoms with Crippen molar-refractivity contribution in [3.63, 3.8) is 0 Å². The third-order valence-corrected chi connectivity index (χ3v) is 2.02. The van der Waals surface area contributed by atoms with E-state index in [-0.39, 0.29) is 16.9 Å². The van der Waals surface area contributed by atoms with Crippen LogP contribution in [0.1, 0.15) is 41.6 Å². The molecule has 1 aromatic rings. The van der Waals surface area contributed by atoms with Crippen LogP contribution in [-0.2, 0) is 11.8 Å². The highest BCUT2D eigenvalue weighted by Gasteiger charge is 2.28. The number of aryl methyl sites for hydroxylation is 1. The highest BCUT2D eigenvalue weighted by atomic mass is 16.6. The molecule has 6 nitrogen and oxygen atoms in total. The number of aromatic carboxylic acids is 1. The third-order valence-electron chi connectivity index (χ3n) is 2.02. The molecule has 0 spiro atoms. The van der Waals surface area contributed by atoms with E-state index in [9.17, 15) is 9.59 Å². The number of hydrogen-bond donors (Lipinski definition) is 2. The van der Waals surface area contributed by atoms with Gasteiger partial charge >= 0.3 is 11.9 Å². The van der Waals surface area contributed by atoms with Crippen molar-refractivity contribution in [2.45, 2.75) is 26.4 Å². The Bertz CT molecular complexity index is 469. The number of anilines is 1. The molecule has 3 N–H and O–H groups in total. The number of ether oxygens (including phenoxy) is 1. The van der Waals surface area contributed by atoms with Gasteiger partial charge in [0, 0.05) is 13.2 Å². The van der Waals surface area contributed by atoms with E-state index < -0.39 is 17.5 Å². The zero-order chi connectivity index (χ0) is 13.4. The van der Waals surface area contributed by atoms with Crippen LogP contribution in [0.5, 0.6) is 0 Å². The predicted molar refractivity (Wildman–Crippen MR) is 62.0 cm³/mol. The van der Waals surface area contributed by atoms with Crippen LogP contribution >= 0.6 is 0 Å². The van der Waals surface area contributed by atoms with Gasteiger partial charge in [-0.15, -0.1) is 0 Å². The topological polar surface area (TPSA) is 94.5 Å². The average Bonchev–Trinajstić information content (AvgIpc) is 2.37. The van der Waals surface area contributed by atoms with Gasteiger partial charge in [-0.2, -0.15) is 0 Å². The van der Waals surface area contributed by atoms with Gasteiger partial charge in [0.1, 0.15) is 16.9 Å². The Kier molecular flexibility index (Phi) is 3.17. The standard InChI is InChI=1S/C11H16N2O4/c1-11(2,3)17-10(16)7-6(12)5-13(4)8(7)9(14)15/h5H,12H2,1-4H3,(H,14,15). The van der Waals surface area contributed by atoms with Crippen molar-refractivity contribution in [2.24, 2.45) is 7.05 Å². The van der Waals surface area contributed by atoms with Gasteiger partial charge in [-0.05, 0) is 20.8 Å². The highest BCUT2D eigenvalue weighted by molar-refractivity contribution is 6.05. The number of nitrogen functional groups attached to an aromatic ring is 1. The summed E-state index contributed by atoms with van der Waals surface area (Å²) in [7, 11) is 1.51. The summed E-state index contributed by atoms with van der Waals surface area (Å²) >= 11 is 0. The fourth-order valence-electron chi connectivity index (χ4n) is 1.45. The molecule has 94 valence electrons. The molecule has 1 aromatic heterocycles. The first-order chi connectivity index (χ1) is 7.63. The van der Waals surface area contributed by atoms with E-state index in [0.29, 0.717) is 0 Å². The molecule has 0 fully saturated rings. The first-order valence-electron chi connectivity index (χ1n) is 5.05. The lowest BCUT2D eigenvalue weighted by Gasteiger charge is -2.19. The van der Waals surface area contributed by atoms with Gasteiger partial charge in [-0.25, -0.2) is 9.59 Å². The van der Waals surface area contributed by atoms with E-state index in [2.05, 4.69) is 0 Å². The Morgan fingerprint density at radius 1 is 1.41 bits per heavy atom. The lowest BCUT2D eigenvalue weighted by Crippen LogP contribution is -2.25. The Balaban J connectivity index is 3.22. The van der Waals surface area contributed by atoms with E-state index in [1.165, 1.54) is 17.8 Å². The number of carboxylic acids is 1. The van der Waals surface area contributed by atoms with E-state index in [1.54, 1.807) is 20.8 Å². The Morgan fingerprint density at radius 2 is 1.94 bits per heavy atom. The maximum absolute atomic E-state index is 11.8. The number of carbonyl (C=O) groups is 2. The zero-order valence-electron chi connectivity index (χ0n) is 10.3. The summed E-state index contributed by atoms with van der Waals surface area (Å²) in [6.45, 7) is 5.10. The maximum Gasteiger partial charge on any atom is 0.353 e. The molecule has 0 aromatic carbocycles. The van der Waals surface area contributed by atoms with Crippen LogP contribution in [0, 0.1) is 0 Å². The van der Waals surface area contributed by atoms with Crippen molar-refractivity contribution in [1.29, 1.82) is 0 Å². The summed E-state index contributed by atoms with van der Waals surface area (Å²) in [6, 6.07) is 0. The van der Waals surface area contributed by atoms with Gasteiger partial charge in [-0.1, -0.05) is 0 Å². The van der Waals surface area contributed by atoms with Crippen molar-refractivity contribution >= 4 is 17.6 Å². The molecule has 0 aliphatic rings. The van der Waals surface area contributed by atoms with Crippen molar-refractivity contribution in [3.8, 4) is 0 Å². The first-order valence-corrected chi connectivity index (χ1v) is 5.05. The summed E-state index contributed by atoms with van der Waals surface area (Å²) < 4.78 is 6.40. The summed E-state index contributed by atoms with van der Waals surface area (Å²) in [5, 5.41) is 9.02. The molecule has 0 aliphatic carbocycles. The normalized spacial score (nSPS) is 11.3. The molecule has 17 heavy (non-hydrogen) atoms. The Hall–Kier alpha value is -1.98. The van der Waals surface area contributed by atoms with Crippen molar-refractivity contribution in [2.75, 3.05) is 5.73 Å². The monoisotopic (exact) mass is 240 g/mol. The van der Waals surface area contributed by atoms with Crippen molar-refractivity contribution in [1.82, 2.24) is 4.57 Å². The van der Waals surface area contributed by atoms with E-state index in [0.717, 1.165) is 0 Å². The van der Waals surface area contributed by atoms with Gasteiger partial charge in [-0.3, -0.25) is 0 Å². The van der Waals surface area contributed by atoms with Crippen LogP contribution in [0.25, 0.3) is 0 Å². The van der Waals surface area contributed by atoms with E-state index in [1.807, 2.05) is 0 Å². The molecule has 1 heterocycles. The molecule has 0 saturated carbocycles. The summed E-state index contributed by atoms with van der Waals surface area (Å²) in [6.07, 6.45) is 1.38. The molecule has 0 atom stereocenters. The molecule has 0 bridgehead atoms. The second-order valence-corrected chi connectivity index (χ2v) is 4.73. The maximum atomic E-state index is 11.8. The second-order valence-electron chi connectivity index (χ2n) is 4.73. The molecule has 0 saturated heterocycles. The fraction of sp³-hybridized carbons (Fsp3) is 0.455.